The van der Waals surface area contributed by atoms with Gasteiger partial charge < -0.3 is 9.80 Å². The van der Waals surface area contributed by atoms with Crippen LogP contribution in [-0.4, -0.2) is 34.9 Å². The highest BCUT2D eigenvalue weighted by Gasteiger charge is 2.30. The number of piperidine rings is 1. The molecule has 0 bridgehead atoms. The zero-order chi connectivity index (χ0) is 18.3. The lowest BCUT2D eigenvalue weighted by Crippen LogP contribution is -2.43. The Morgan fingerprint density at radius 3 is 2.50 bits per heavy atom. The molecule has 136 valence electrons. The lowest BCUT2D eigenvalue weighted by Gasteiger charge is -2.35. The maximum atomic E-state index is 13.0. The predicted octanol–water partition coefficient (Wildman–Crippen LogP) is 4.28. The molecule has 1 saturated heterocycles. The van der Waals surface area contributed by atoms with Crippen molar-refractivity contribution in [1.29, 1.82) is 0 Å². The second-order valence-corrected chi connectivity index (χ2v) is 8.09. The number of fused-ring (bicyclic) bond motifs is 1. The molecular formula is C22H27N3O. The number of carbonyl (C=O) groups is 1. The van der Waals surface area contributed by atoms with E-state index in [0.29, 0.717) is 23.6 Å². The first-order valence-corrected chi connectivity index (χ1v) is 9.66. The number of pyridine rings is 1. The fourth-order valence-corrected chi connectivity index (χ4v) is 4.58. The van der Waals surface area contributed by atoms with E-state index in [4.69, 9.17) is 4.98 Å². The number of nitrogens with zero attached hydrogens (tertiary/aromatic N) is 3. The van der Waals surface area contributed by atoms with Crippen molar-refractivity contribution < 1.29 is 4.79 Å². The van der Waals surface area contributed by atoms with E-state index in [2.05, 4.69) is 49.9 Å². The SMILES string of the molecule is CC1CC(C)CN(C(=O)c2cccc(N3c4ccccc4CC3C)n2)C1. The van der Waals surface area contributed by atoms with E-state index >= 15 is 0 Å². The summed E-state index contributed by atoms with van der Waals surface area (Å²) in [6, 6.07) is 14.6. The van der Waals surface area contributed by atoms with Gasteiger partial charge in [0.2, 0.25) is 0 Å². The lowest BCUT2D eigenvalue weighted by atomic mass is 9.92. The van der Waals surface area contributed by atoms with Crippen LogP contribution in [0.25, 0.3) is 0 Å². The minimum Gasteiger partial charge on any atom is -0.337 e. The van der Waals surface area contributed by atoms with Crippen LogP contribution in [0.3, 0.4) is 0 Å². The van der Waals surface area contributed by atoms with Gasteiger partial charge in [0, 0.05) is 24.8 Å². The van der Waals surface area contributed by atoms with Gasteiger partial charge in [-0.1, -0.05) is 38.1 Å². The molecule has 0 saturated carbocycles. The average Bonchev–Trinajstić information content (AvgIpc) is 2.96. The third kappa shape index (κ3) is 3.09. The van der Waals surface area contributed by atoms with Gasteiger partial charge in [-0.15, -0.1) is 0 Å². The summed E-state index contributed by atoms with van der Waals surface area (Å²) in [6.07, 6.45) is 2.20. The minimum absolute atomic E-state index is 0.0605. The molecule has 1 amide bonds. The average molecular weight is 349 g/mol. The molecule has 0 N–H and O–H groups in total. The van der Waals surface area contributed by atoms with Gasteiger partial charge >= 0.3 is 0 Å². The Labute approximate surface area is 155 Å². The van der Waals surface area contributed by atoms with E-state index in [-0.39, 0.29) is 5.91 Å². The van der Waals surface area contributed by atoms with Crippen LogP contribution >= 0.6 is 0 Å². The highest BCUT2D eigenvalue weighted by molar-refractivity contribution is 5.93. The van der Waals surface area contributed by atoms with Crippen molar-refractivity contribution in [2.24, 2.45) is 11.8 Å². The molecule has 3 atom stereocenters. The van der Waals surface area contributed by atoms with Crippen LogP contribution < -0.4 is 4.90 Å². The highest BCUT2D eigenvalue weighted by atomic mass is 16.2. The van der Waals surface area contributed by atoms with Gasteiger partial charge in [0.1, 0.15) is 11.5 Å². The number of amides is 1. The Kier molecular flexibility index (Phi) is 4.43. The minimum atomic E-state index is 0.0605. The zero-order valence-electron chi connectivity index (χ0n) is 15.9. The molecule has 4 heteroatoms. The third-order valence-electron chi connectivity index (χ3n) is 5.56. The van der Waals surface area contributed by atoms with Gasteiger partial charge in [0.25, 0.3) is 5.91 Å². The molecule has 2 aliphatic rings. The molecule has 0 aliphatic carbocycles. The van der Waals surface area contributed by atoms with E-state index in [1.807, 2.05) is 23.1 Å². The Morgan fingerprint density at radius 1 is 1.00 bits per heavy atom. The van der Waals surface area contributed by atoms with Crippen LogP contribution in [0.5, 0.6) is 0 Å². The van der Waals surface area contributed by atoms with E-state index in [0.717, 1.165) is 25.3 Å². The first-order valence-electron chi connectivity index (χ1n) is 9.66. The van der Waals surface area contributed by atoms with Crippen LogP contribution in [0.15, 0.2) is 42.5 Å². The standard InChI is InChI=1S/C22H27N3O/c1-15-11-16(2)14-24(13-15)22(26)19-8-6-10-21(23-19)25-17(3)12-18-7-4-5-9-20(18)25/h4-10,15-17H,11-14H2,1-3H3. The summed E-state index contributed by atoms with van der Waals surface area (Å²) >= 11 is 0. The van der Waals surface area contributed by atoms with Crippen molar-refractivity contribution >= 4 is 17.4 Å². The summed E-state index contributed by atoms with van der Waals surface area (Å²) in [5, 5.41) is 0. The van der Waals surface area contributed by atoms with E-state index in [9.17, 15) is 4.79 Å². The normalized spacial score (nSPS) is 25.3. The Balaban J connectivity index is 1.62. The van der Waals surface area contributed by atoms with Gasteiger partial charge in [0.15, 0.2) is 0 Å². The summed E-state index contributed by atoms with van der Waals surface area (Å²) < 4.78 is 0. The van der Waals surface area contributed by atoms with Gasteiger partial charge in [-0.3, -0.25) is 4.79 Å². The van der Waals surface area contributed by atoms with Gasteiger partial charge in [0.05, 0.1) is 0 Å². The van der Waals surface area contributed by atoms with E-state index in [1.165, 1.54) is 17.7 Å². The maximum absolute atomic E-state index is 13.0. The van der Waals surface area contributed by atoms with Crippen molar-refractivity contribution in [3.05, 3.63) is 53.7 Å². The van der Waals surface area contributed by atoms with Gasteiger partial charge in [-0.05, 0) is 55.4 Å². The number of carbonyl (C=O) groups excluding carboxylic acids is 1. The molecule has 0 spiro atoms. The highest BCUT2D eigenvalue weighted by Crippen LogP contribution is 2.37. The van der Waals surface area contributed by atoms with Crippen LogP contribution in [-0.2, 0) is 6.42 Å². The molecular weight excluding hydrogens is 322 g/mol. The second-order valence-electron chi connectivity index (χ2n) is 8.09. The summed E-state index contributed by atoms with van der Waals surface area (Å²) in [6.45, 7) is 8.32. The number of rotatable bonds is 2. The third-order valence-corrected chi connectivity index (χ3v) is 5.56. The summed E-state index contributed by atoms with van der Waals surface area (Å²) in [4.78, 5) is 22.0. The number of benzene rings is 1. The van der Waals surface area contributed by atoms with Crippen molar-refractivity contribution in [1.82, 2.24) is 9.88 Å². The molecule has 3 heterocycles. The fourth-order valence-electron chi connectivity index (χ4n) is 4.58. The van der Waals surface area contributed by atoms with Crippen LogP contribution in [0.1, 0.15) is 43.2 Å². The van der Waals surface area contributed by atoms with Crippen molar-refractivity contribution in [3.8, 4) is 0 Å². The fraction of sp³-hybridized carbons (Fsp3) is 0.455. The zero-order valence-corrected chi connectivity index (χ0v) is 15.9. The molecule has 1 aromatic carbocycles. The van der Waals surface area contributed by atoms with Crippen LogP contribution in [0.2, 0.25) is 0 Å². The molecule has 1 fully saturated rings. The van der Waals surface area contributed by atoms with Crippen molar-refractivity contribution in [2.45, 2.75) is 39.7 Å². The number of hydrogen-bond donors (Lipinski definition) is 0. The molecule has 4 nitrogen and oxygen atoms in total. The molecule has 2 aliphatic heterocycles. The maximum Gasteiger partial charge on any atom is 0.272 e. The monoisotopic (exact) mass is 349 g/mol. The number of hydrogen-bond acceptors (Lipinski definition) is 3. The lowest BCUT2D eigenvalue weighted by molar-refractivity contribution is 0.0617. The van der Waals surface area contributed by atoms with Crippen molar-refractivity contribution in [3.63, 3.8) is 0 Å². The predicted molar refractivity (Wildman–Crippen MR) is 105 cm³/mol. The molecule has 26 heavy (non-hydrogen) atoms. The Bertz CT molecular complexity index is 809. The van der Waals surface area contributed by atoms with Crippen molar-refractivity contribution in [2.75, 3.05) is 18.0 Å². The van der Waals surface area contributed by atoms with Gasteiger partial charge in [-0.25, -0.2) is 4.98 Å². The number of anilines is 2. The molecule has 1 aromatic heterocycles. The van der Waals surface area contributed by atoms with Crippen LogP contribution in [0.4, 0.5) is 11.5 Å². The van der Waals surface area contributed by atoms with E-state index < -0.39 is 0 Å². The number of aromatic nitrogens is 1. The first-order chi connectivity index (χ1) is 12.5. The van der Waals surface area contributed by atoms with Crippen LogP contribution in [0, 0.1) is 11.8 Å². The molecule has 2 aromatic rings. The number of likely N-dealkylation sites (tertiary alicyclic amines) is 1. The molecule has 4 rings (SSSR count). The topological polar surface area (TPSA) is 36.4 Å². The summed E-state index contributed by atoms with van der Waals surface area (Å²) in [7, 11) is 0. The molecule has 0 radical (unpaired) electrons. The first kappa shape index (κ1) is 17.1. The second kappa shape index (κ2) is 6.75. The Hall–Kier alpha value is -2.36. The number of para-hydroxylation sites is 1. The smallest absolute Gasteiger partial charge is 0.272 e. The summed E-state index contributed by atoms with van der Waals surface area (Å²) in [5.74, 6) is 2.03. The van der Waals surface area contributed by atoms with E-state index in [1.54, 1.807) is 0 Å². The van der Waals surface area contributed by atoms with Gasteiger partial charge in [-0.2, -0.15) is 0 Å². The largest absolute Gasteiger partial charge is 0.337 e. The Morgan fingerprint density at radius 2 is 1.73 bits per heavy atom. The quantitative estimate of drug-likeness (QED) is 0.812. The molecule has 3 unspecified atom stereocenters. The summed E-state index contributed by atoms with van der Waals surface area (Å²) in [5.41, 5.74) is 3.11.